The zero-order chi connectivity index (χ0) is 65.4. The van der Waals surface area contributed by atoms with Crippen molar-refractivity contribution in [2.75, 3.05) is 46.2 Å². The van der Waals surface area contributed by atoms with Gasteiger partial charge >= 0.3 is 0 Å². The number of nitrogens with zero attached hydrogens (tertiary/aromatic N) is 2. The molecule has 516 valence electrons. The molecule has 0 aliphatic carbocycles. The Morgan fingerprint density at radius 1 is 0.297 bits per heavy atom. The Labute approximate surface area is 516 Å². The lowest BCUT2D eigenvalue weighted by Gasteiger charge is -2.50. The smallest absolute Gasteiger partial charge is 0.187 e. The molecule has 0 saturated carbocycles. The van der Waals surface area contributed by atoms with E-state index < -0.39 is 261 Å². The van der Waals surface area contributed by atoms with Gasteiger partial charge in [-0.15, -0.1) is 0 Å². The Morgan fingerprint density at radius 2 is 0.527 bits per heavy atom. The van der Waals surface area contributed by atoms with E-state index in [0.29, 0.717) is 17.0 Å². The van der Waals surface area contributed by atoms with Gasteiger partial charge in [-0.05, 0) is 30.2 Å². The summed E-state index contributed by atoms with van der Waals surface area (Å²) in [6.07, 6.45) is -67.3. The van der Waals surface area contributed by atoms with Gasteiger partial charge in [0.2, 0.25) is 0 Å². The minimum atomic E-state index is -2.22. The van der Waals surface area contributed by atoms with Crippen LogP contribution in [0.15, 0.2) is 36.7 Å². The largest absolute Gasteiger partial charge is 0.394 e. The summed E-state index contributed by atoms with van der Waals surface area (Å²) < 4.78 is 87.5. The van der Waals surface area contributed by atoms with Gasteiger partial charge in [-0.25, -0.2) is 0 Å². The maximum absolute atomic E-state index is 11.9. The van der Waals surface area contributed by atoms with E-state index in [2.05, 4.69) is 9.97 Å². The number of hydrogen-bond acceptors (Lipinski definition) is 37. The van der Waals surface area contributed by atoms with Crippen LogP contribution in [0.25, 0.3) is 11.4 Å². The van der Waals surface area contributed by atoms with Crippen molar-refractivity contribution in [1.29, 1.82) is 0 Å². The summed E-state index contributed by atoms with van der Waals surface area (Å²) in [7, 11) is 0. The van der Waals surface area contributed by atoms with Gasteiger partial charge in [-0.1, -0.05) is 12.1 Å². The molecule has 0 aromatic carbocycles. The normalized spacial score (nSPS) is 48.6. The van der Waals surface area contributed by atoms with Crippen molar-refractivity contribution in [3.63, 3.8) is 0 Å². The minimum absolute atomic E-state index is 0.198. The third-order valence-electron chi connectivity index (χ3n) is 17.2. The Bertz CT molecular complexity index is 2560. The molecule has 2 aromatic rings. The highest BCUT2D eigenvalue weighted by Gasteiger charge is 2.59. The molecular formula is C54H80N2O35. The molecule has 14 bridgehead atoms. The maximum Gasteiger partial charge on any atom is 0.187 e. The average Bonchev–Trinajstić information content (AvgIpc) is 0.917. The first-order valence-corrected chi connectivity index (χ1v) is 29.3. The van der Waals surface area contributed by atoms with Crippen molar-refractivity contribution in [2.45, 2.75) is 228 Å². The summed E-state index contributed by atoms with van der Waals surface area (Å²) in [5.74, 6) is 0. The predicted molar refractivity (Wildman–Crippen MR) is 283 cm³/mol. The molecule has 91 heavy (non-hydrogen) atoms. The van der Waals surface area contributed by atoms with Crippen molar-refractivity contribution in [2.24, 2.45) is 0 Å². The fraction of sp³-hybridized carbons (Fsp3) is 0.815. The summed E-state index contributed by atoms with van der Waals surface area (Å²) in [5, 5.41) is 224. The third kappa shape index (κ3) is 14.6. The lowest BCUT2D eigenvalue weighted by molar-refractivity contribution is -0.397. The molecule has 23 rings (SSSR count). The molecule has 0 radical (unpaired) electrons. The van der Waals surface area contributed by atoms with E-state index in [1.54, 1.807) is 24.4 Å². The molecule has 1 unspecified atom stereocenters. The first kappa shape index (κ1) is 70.7. The first-order valence-electron chi connectivity index (χ1n) is 29.3. The summed E-state index contributed by atoms with van der Waals surface area (Å²) in [6, 6.07) is 6.99. The van der Waals surface area contributed by atoms with Gasteiger partial charge in [0.15, 0.2) is 44.0 Å². The van der Waals surface area contributed by atoms with E-state index in [9.17, 15) is 102 Å². The highest BCUT2D eigenvalue weighted by molar-refractivity contribution is 5.54. The second kappa shape index (κ2) is 30.5. The number of ether oxygens (including phenoxy) is 15. The molecular weight excluding hydrogens is 1240 g/mol. The van der Waals surface area contributed by atoms with E-state index in [1.165, 1.54) is 6.20 Å². The van der Waals surface area contributed by atoms with E-state index in [0.717, 1.165) is 5.56 Å². The van der Waals surface area contributed by atoms with Gasteiger partial charge in [-0.3, -0.25) is 9.97 Å². The van der Waals surface area contributed by atoms with Crippen LogP contribution in [-0.4, -0.2) is 373 Å². The third-order valence-corrected chi connectivity index (χ3v) is 17.2. The number of pyridine rings is 2. The number of aryl methyl sites for hydroxylation is 1. The SMILES string of the molecule is Cc1ccc(-c2ccc(COC[C@H]3O[C@@H]4O[C@H]5[C@H](O)[C@@H](O)[C@@H](O[C@H]6[C@H](O)[C@@H](O)[C@@H](O[C@H]7[C@H](O)[C@@H](O)[C@@H](O[C@H]8[C@H](O)[C@@H](O)[C@@H](O[C@H]9[C@H](O)[C@@H](O)[C@@H](O[C@H]%10[C@H](O)C(O)[C@@H](O[C@H]3[C@H](O)[C@H]4O)O[C@@H]%10CO)O[C@@H]9CO)O[C@@H]8CO)O[C@@H]7CO)O[C@@H]6CO)O[C@@H]5CO)cn2)nc1. The van der Waals surface area contributed by atoms with Gasteiger partial charge in [0, 0.05) is 12.4 Å². The summed E-state index contributed by atoms with van der Waals surface area (Å²) in [4.78, 5) is 8.82. The van der Waals surface area contributed by atoms with Gasteiger partial charge < -0.3 is 173 Å². The minimum Gasteiger partial charge on any atom is -0.394 e. The van der Waals surface area contributed by atoms with Crippen LogP contribution in [0.4, 0.5) is 0 Å². The number of rotatable bonds is 11. The van der Waals surface area contributed by atoms with Crippen LogP contribution in [-0.2, 0) is 77.7 Å². The summed E-state index contributed by atoms with van der Waals surface area (Å²) >= 11 is 0. The molecule has 21 saturated heterocycles. The monoisotopic (exact) mass is 1320 g/mol. The first-order chi connectivity index (χ1) is 43.5. The van der Waals surface area contributed by atoms with Crippen LogP contribution in [0.3, 0.4) is 0 Å². The molecule has 35 atom stereocenters. The van der Waals surface area contributed by atoms with Gasteiger partial charge in [-0.2, -0.15) is 0 Å². The van der Waals surface area contributed by atoms with Crippen LogP contribution in [0, 0.1) is 6.92 Å². The van der Waals surface area contributed by atoms with Crippen molar-refractivity contribution >= 4 is 0 Å². The fourth-order valence-electron chi connectivity index (χ4n) is 12.0. The van der Waals surface area contributed by atoms with E-state index >= 15 is 0 Å². The Hall–Kier alpha value is -3.10. The molecule has 23 heterocycles. The number of aliphatic hydroxyl groups excluding tert-OH is 20. The van der Waals surface area contributed by atoms with E-state index in [-0.39, 0.29) is 6.61 Å². The molecule has 37 heteroatoms. The summed E-state index contributed by atoms with van der Waals surface area (Å²) in [6.45, 7) is -5.21. The fourth-order valence-corrected chi connectivity index (χ4v) is 12.0. The van der Waals surface area contributed by atoms with Crippen LogP contribution in [0.5, 0.6) is 0 Å². The number of aliphatic hydroxyl groups is 20. The quantitative estimate of drug-likeness (QED) is 0.0993. The predicted octanol–water partition coefficient (Wildman–Crippen LogP) is -12.2. The highest BCUT2D eigenvalue weighted by atomic mass is 16.8. The molecule has 0 amide bonds. The Morgan fingerprint density at radius 3 is 0.747 bits per heavy atom. The topological polar surface area (TPSA) is 569 Å². The zero-order valence-corrected chi connectivity index (χ0v) is 48.3. The number of aromatic nitrogens is 2. The van der Waals surface area contributed by atoms with Crippen LogP contribution in [0.2, 0.25) is 0 Å². The lowest BCUT2D eigenvalue weighted by atomic mass is 9.95. The van der Waals surface area contributed by atoms with Gasteiger partial charge in [0.25, 0.3) is 0 Å². The molecule has 21 aliphatic heterocycles. The molecule has 37 nitrogen and oxygen atoms in total. The highest BCUT2D eigenvalue weighted by Crippen LogP contribution is 2.39. The van der Waals surface area contributed by atoms with Crippen LogP contribution >= 0.6 is 0 Å². The molecule has 2 aromatic heterocycles. The van der Waals surface area contributed by atoms with Crippen molar-refractivity contribution in [3.8, 4) is 11.4 Å². The van der Waals surface area contributed by atoms with Gasteiger partial charge in [0.05, 0.1) is 64.2 Å². The van der Waals surface area contributed by atoms with Crippen LogP contribution < -0.4 is 0 Å². The molecule has 21 aliphatic rings. The Balaban J connectivity index is 0.934. The molecule has 21 fully saturated rings. The lowest BCUT2D eigenvalue weighted by Crippen LogP contribution is -2.68. The van der Waals surface area contributed by atoms with Crippen molar-refractivity contribution in [1.82, 2.24) is 9.97 Å². The van der Waals surface area contributed by atoms with Crippen molar-refractivity contribution in [3.05, 3.63) is 47.8 Å². The van der Waals surface area contributed by atoms with Gasteiger partial charge in [0.1, 0.15) is 171 Å². The zero-order valence-electron chi connectivity index (χ0n) is 48.3. The number of hydrogen-bond donors (Lipinski definition) is 20. The second-order valence-electron chi connectivity index (χ2n) is 23.3. The molecule has 20 N–H and O–H groups in total. The maximum atomic E-state index is 11.9. The van der Waals surface area contributed by atoms with E-state index in [1.807, 2.05) is 13.0 Å². The van der Waals surface area contributed by atoms with Crippen LogP contribution in [0.1, 0.15) is 11.1 Å². The second-order valence-corrected chi connectivity index (χ2v) is 23.3. The van der Waals surface area contributed by atoms with E-state index in [4.69, 9.17) is 71.1 Å². The average molecular weight is 1320 g/mol. The standard InChI is InChI=1S/C54H80N2O35/c1-16-2-4-18(55-6-16)19-5-3-17(7-56-19)14-77-15-26-47-33(69)40(76)54(84-26)90-46-25(13-62)82-52(38(74)31(46)67)88-44-23(11-60)80-50(36(72)29(44)65)86-42-21(9-58)78-48(34(70)27(42)63)85-41-20(8-57)79-49(35(71)28(41)64)87-43-22(10-59)81-51(37(73)30(43)66)89-45-24(12-61)83-53(91-47)39(75)32(45)68/h2-7,20-54,57-76H,8-15H2,1H3/t20-,21-,22-,23-,24-,25-,26-,27-,28-,29-,30-,31-,32-,33-,34-,35-,36-,37-,38-,39?,40-,41-,42-,43-,44-,45-,46-,47-,48-,49-,50-,51-,52-,53-,54-/m1/s1. The summed E-state index contributed by atoms with van der Waals surface area (Å²) in [5.41, 5.74) is 2.53. The molecule has 0 spiro atoms. The Kier molecular flexibility index (Phi) is 23.7. The van der Waals surface area contributed by atoms with Crippen molar-refractivity contribution < 1.29 is 173 Å².